The maximum absolute atomic E-state index is 13.1. The number of ether oxygens (including phenoxy) is 1. The van der Waals surface area contributed by atoms with Gasteiger partial charge in [0.25, 0.3) is 0 Å². The highest BCUT2D eigenvalue weighted by molar-refractivity contribution is 5.86. The molecule has 3 aromatic rings. The molecule has 0 aliphatic carbocycles. The molecule has 0 bridgehead atoms. The Kier molecular flexibility index (Phi) is 5.66. The van der Waals surface area contributed by atoms with E-state index in [9.17, 15) is 4.79 Å². The highest BCUT2D eigenvalue weighted by Crippen LogP contribution is 2.46. The zero-order chi connectivity index (χ0) is 21.0. The summed E-state index contributed by atoms with van der Waals surface area (Å²) in [7, 11) is 0. The quantitative estimate of drug-likeness (QED) is 0.399. The van der Waals surface area contributed by atoms with Crippen LogP contribution < -0.4 is 0 Å². The number of hydrogen-bond acceptors (Lipinski definition) is 3. The van der Waals surface area contributed by atoms with Gasteiger partial charge in [0, 0.05) is 11.1 Å². The van der Waals surface area contributed by atoms with Crippen LogP contribution >= 0.6 is 0 Å². The van der Waals surface area contributed by atoms with Crippen LogP contribution in [0.3, 0.4) is 0 Å². The molecule has 4 rings (SSSR count). The third kappa shape index (κ3) is 3.61. The topological polar surface area (TPSA) is 41.9 Å². The number of cyclic esters (lactones) is 1. The minimum absolute atomic E-state index is 0.139. The summed E-state index contributed by atoms with van der Waals surface area (Å²) in [6, 6.07) is 29.8. The molecular formula is C26H26N2O2. The Hall–Kier alpha value is -3.40. The molecule has 1 fully saturated rings. The highest BCUT2D eigenvalue weighted by atomic mass is 16.6. The summed E-state index contributed by atoms with van der Waals surface area (Å²) in [5.74, 6) is 0.139. The third-order valence-electron chi connectivity index (χ3n) is 5.53. The van der Waals surface area contributed by atoms with Crippen molar-refractivity contribution in [2.24, 2.45) is 10.9 Å². The number of hydrogen-bond donors (Lipinski definition) is 0. The predicted octanol–water partition coefficient (Wildman–Crippen LogP) is 5.64. The van der Waals surface area contributed by atoms with Gasteiger partial charge in [-0.1, -0.05) is 105 Å². The number of amides is 1. The van der Waals surface area contributed by atoms with E-state index in [-0.39, 0.29) is 18.1 Å². The summed E-state index contributed by atoms with van der Waals surface area (Å²) < 4.78 is 6.21. The molecule has 0 aromatic heterocycles. The van der Waals surface area contributed by atoms with Crippen LogP contribution in [0, 0.1) is 5.92 Å². The van der Waals surface area contributed by atoms with E-state index in [0.717, 1.165) is 16.7 Å². The standard InChI is InChI=1S/C26H26N2O2/c1-20(2)24-26(22-14-8-4-9-15-22,23-16-10-5-11-17-23)30-25(29)28(24)19-27-18-21-12-6-3-7-13-21/h3-17,19-20,24H,18H2,1-2H3. The molecular weight excluding hydrogens is 372 g/mol. The first-order chi connectivity index (χ1) is 14.6. The molecule has 4 nitrogen and oxygen atoms in total. The Morgan fingerprint density at radius 2 is 1.40 bits per heavy atom. The molecule has 1 unspecified atom stereocenters. The lowest BCUT2D eigenvalue weighted by atomic mass is 9.76. The first kappa shape index (κ1) is 19.9. The fourth-order valence-corrected chi connectivity index (χ4v) is 4.28. The van der Waals surface area contributed by atoms with Gasteiger partial charge in [0.1, 0.15) is 0 Å². The lowest BCUT2D eigenvalue weighted by Crippen LogP contribution is -2.47. The van der Waals surface area contributed by atoms with Gasteiger partial charge < -0.3 is 4.74 Å². The van der Waals surface area contributed by atoms with E-state index >= 15 is 0 Å². The van der Waals surface area contributed by atoms with Crippen molar-refractivity contribution in [3.05, 3.63) is 108 Å². The smallest absolute Gasteiger partial charge is 0.416 e. The van der Waals surface area contributed by atoms with E-state index in [2.05, 4.69) is 18.8 Å². The summed E-state index contributed by atoms with van der Waals surface area (Å²) in [4.78, 5) is 19.3. The predicted molar refractivity (Wildman–Crippen MR) is 119 cm³/mol. The second kappa shape index (κ2) is 8.54. The van der Waals surface area contributed by atoms with E-state index in [1.807, 2.05) is 91.0 Å². The zero-order valence-corrected chi connectivity index (χ0v) is 17.3. The minimum atomic E-state index is -0.896. The summed E-state index contributed by atoms with van der Waals surface area (Å²) in [6.45, 7) is 4.75. The van der Waals surface area contributed by atoms with Crippen LogP contribution in [0.25, 0.3) is 0 Å². The van der Waals surface area contributed by atoms with Crippen molar-refractivity contribution in [1.29, 1.82) is 0 Å². The summed E-state index contributed by atoms with van der Waals surface area (Å²) >= 11 is 0. The van der Waals surface area contributed by atoms with Crippen molar-refractivity contribution >= 4 is 12.4 Å². The van der Waals surface area contributed by atoms with Gasteiger partial charge in [0.2, 0.25) is 0 Å². The van der Waals surface area contributed by atoms with Crippen LogP contribution in [0.1, 0.15) is 30.5 Å². The molecule has 1 aliphatic rings. The first-order valence-electron chi connectivity index (χ1n) is 10.3. The number of nitrogens with zero attached hydrogens (tertiary/aromatic N) is 2. The average molecular weight is 399 g/mol. The molecule has 1 aliphatic heterocycles. The number of carbonyl (C=O) groups is 1. The van der Waals surface area contributed by atoms with Crippen LogP contribution in [0.5, 0.6) is 0 Å². The SMILES string of the molecule is CC(C)C1N(C=NCc2ccccc2)C(=O)OC1(c1ccccc1)c1ccccc1. The fourth-order valence-electron chi connectivity index (χ4n) is 4.28. The molecule has 0 N–H and O–H groups in total. The molecule has 30 heavy (non-hydrogen) atoms. The first-order valence-corrected chi connectivity index (χ1v) is 10.3. The Morgan fingerprint density at radius 1 is 0.900 bits per heavy atom. The Bertz CT molecular complexity index is 961. The van der Waals surface area contributed by atoms with Crippen molar-refractivity contribution in [2.45, 2.75) is 32.0 Å². The van der Waals surface area contributed by atoms with Crippen molar-refractivity contribution in [2.75, 3.05) is 0 Å². The van der Waals surface area contributed by atoms with Crippen LogP contribution in [-0.4, -0.2) is 23.4 Å². The maximum Gasteiger partial charge on any atom is 0.416 e. The normalized spacial score (nSPS) is 18.2. The van der Waals surface area contributed by atoms with E-state index in [4.69, 9.17) is 4.74 Å². The Balaban J connectivity index is 1.76. The van der Waals surface area contributed by atoms with E-state index in [0.29, 0.717) is 6.54 Å². The molecule has 4 heteroatoms. The number of benzene rings is 3. The molecule has 152 valence electrons. The minimum Gasteiger partial charge on any atom is -0.430 e. The van der Waals surface area contributed by atoms with Crippen molar-refractivity contribution in [1.82, 2.24) is 4.90 Å². The number of rotatable bonds is 6. The van der Waals surface area contributed by atoms with Gasteiger partial charge in [-0.2, -0.15) is 0 Å². The Labute approximate surface area is 177 Å². The van der Waals surface area contributed by atoms with Crippen LogP contribution in [0.15, 0.2) is 96.0 Å². The van der Waals surface area contributed by atoms with Gasteiger partial charge in [0.05, 0.1) is 18.9 Å². The lowest BCUT2D eigenvalue weighted by molar-refractivity contribution is 0.0568. The Morgan fingerprint density at radius 3 is 1.90 bits per heavy atom. The van der Waals surface area contributed by atoms with Crippen molar-refractivity contribution < 1.29 is 9.53 Å². The fraction of sp³-hybridized carbons (Fsp3) is 0.231. The monoisotopic (exact) mass is 398 g/mol. The summed E-state index contributed by atoms with van der Waals surface area (Å²) in [5, 5.41) is 0. The molecule has 1 amide bonds. The lowest BCUT2D eigenvalue weighted by Gasteiger charge is -2.37. The van der Waals surface area contributed by atoms with Gasteiger partial charge in [-0.15, -0.1) is 0 Å². The molecule has 1 atom stereocenters. The van der Waals surface area contributed by atoms with Gasteiger partial charge in [-0.3, -0.25) is 9.89 Å². The van der Waals surface area contributed by atoms with Gasteiger partial charge in [-0.05, 0) is 11.5 Å². The highest BCUT2D eigenvalue weighted by Gasteiger charge is 2.57. The molecule has 1 heterocycles. The van der Waals surface area contributed by atoms with Gasteiger partial charge in [-0.25, -0.2) is 4.79 Å². The van der Waals surface area contributed by atoms with Crippen LogP contribution in [0.2, 0.25) is 0 Å². The summed E-state index contributed by atoms with van der Waals surface area (Å²) in [6.07, 6.45) is 1.27. The maximum atomic E-state index is 13.1. The second-order valence-corrected chi connectivity index (χ2v) is 7.87. The van der Waals surface area contributed by atoms with Crippen LogP contribution in [0.4, 0.5) is 4.79 Å². The zero-order valence-electron chi connectivity index (χ0n) is 17.3. The van der Waals surface area contributed by atoms with Crippen molar-refractivity contribution in [3.63, 3.8) is 0 Å². The van der Waals surface area contributed by atoms with Gasteiger partial charge in [0.15, 0.2) is 5.60 Å². The number of aliphatic imine (C=N–C) groups is 1. The summed E-state index contributed by atoms with van der Waals surface area (Å²) in [5.41, 5.74) is 2.12. The van der Waals surface area contributed by atoms with Crippen molar-refractivity contribution in [3.8, 4) is 0 Å². The average Bonchev–Trinajstić information content (AvgIpc) is 3.09. The van der Waals surface area contributed by atoms with Gasteiger partial charge >= 0.3 is 6.09 Å². The number of carbonyl (C=O) groups excluding carboxylic acids is 1. The largest absolute Gasteiger partial charge is 0.430 e. The van der Waals surface area contributed by atoms with Crippen LogP contribution in [-0.2, 0) is 16.9 Å². The molecule has 0 saturated carbocycles. The molecule has 0 radical (unpaired) electrons. The third-order valence-corrected chi connectivity index (χ3v) is 5.53. The molecule has 1 saturated heterocycles. The molecule has 0 spiro atoms. The van der Waals surface area contributed by atoms with E-state index < -0.39 is 5.60 Å². The second-order valence-electron chi connectivity index (χ2n) is 7.87. The van der Waals surface area contributed by atoms with E-state index in [1.54, 1.807) is 11.2 Å². The molecule has 3 aromatic carbocycles. The van der Waals surface area contributed by atoms with E-state index in [1.165, 1.54) is 0 Å².